The zero-order valence-electron chi connectivity index (χ0n) is 20.2. The van der Waals surface area contributed by atoms with E-state index in [4.69, 9.17) is 9.47 Å². The third-order valence-electron chi connectivity index (χ3n) is 5.63. The monoisotopic (exact) mass is 482 g/mol. The first-order chi connectivity index (χ1) is 16.1. The molecule has 0 heterocycles. The van der Waals surface area contributed by atoms with Crippen molar-refractivity contribution < 1.29 is 22.7 Å². The normalized spacial score (nSPS) is 12.1. The summed E-state index contributed by atoms with van der Waals surface area (Å²) in [7, 11) is -0.794. The lowest BCUT2D eigenvalue weighted by Crippen LogP contribution is -2.27. The van der Waals surface area contributed by atoms with Crippen LogP contribution in [0.3, 0.4) is 0 Å². The number of nitrogens with one attached hydrogen (secondary N) is 2. The molecule has 0 saturated carbocycles. The third-order valence-corrected chi connectivity index (χ3v) is 7.14. The number of hydrogen-bond acceptors (Lipinski definition) is 5. The quantitative estimate of drug-likeness (QED) is 0.475. The van der Waals surface area contributed by atoms with Gasteiger partial charge in [-0.15, -0.1) is 0 Å². The third kappa shape index (κ3) is 5.51. The van der Waals surface area contributed by atoms with Crippen LogP contribution >= 0.6 is 0 Å². The van der Waals surface area contributed by atoms with Gasteiger partial charge in [0.15, 0.2) is 11.5 Å². The second-order valence-corrected chi connectivity index (χ2v) is 9.86. The predicted molar refractivity (Wildman–Crippen MR) is 133 cm³/mol. The fourth-order valence-electron chi connectivity index (χ4n) is 3.56. The lowest BCUT2D eigenvalue weighted by molar-refractivity contribution is 0.0939. The minimum atomic E-state index is -3.90. The molecule has 1 amide bonds. The average Bonchev–Trinajstić information content (AvgIpc) is 2.80. The number of hydrogen-bond donors (Lipinski definition) is 2. The largest absolute Gasteiger partial charge is 0.493 e. The van der Waals surface area contributed by atoms with Gasteiger partial charge in [-0.05, 0) is 80.3 Å². The number of rotatable bonds is 8. The van der Waals surface area contributed by atoms with E-state index >= 15 is 0 Å². The summed E-state index contributed by atoms with van der Waals surface area (Å²) in [5, 5.41) is 2.92. The molecule has 0 aliphatic heterocycles. The highest BCUT2D eigenvalue weighted by Crippen LogP contribution is 2.30. The summed E-state index contributed by atoms with van der Waals surface area (Å²) in [6, 6.07) is 15.3. The van der Waals surface area contributed by atoms with E-state index in [9.17, 15) is 13.2 Å². The van der Waals surface area contributed by atoms with Gasteiger partial charge in [0.25, 0.3) is 15.9 Å². The van der Waals surface area contributed by atoms with E-state index in [1.54, 1.807) is 51.5 Å². The molecule has 7 nitrogen and oxygen atoms in total. The van der Waals surface area contributed by atoms with E-state index in [1.807, 2.05) is 39.0 Å². The van der Waals surface area contributed by atoms with Gasteiger partial charge < -0.3 is 14.8 Å². The van der Waals surface area contributed by atoms with Crippen LogP contribution in [0.5, 0.6) is 11.5 Å². The summed E-state index contributed by atoms with van der Waals surface area (Å²) in [5.74, 6) is 0.766. The number of anilines is 1. The molecule has 0 aliphatic carbocycles. The van der Waals surface area contributed by atoms with Gasteiger partial charge in [-0.3, -0.25) is 9.52 Å². The molecule has 3 rings (SSSR count). The van der Waals surface area contributed by atoms with E-state index in [0.29, 0.717) is 22.7 Å². The van der Waals surface area contributed by atoms with Crippen molar-refractivity contribution in [1.29, 1.82) is 0 Å². The number of methoxy groups -OCH3 is 2. The maximum Gasteiger partial charge on any atom is 0.262 e. The standard InChI is InChI=1S/C26H30N2O5S/c1-16-7-8-17(2)22(13-16)28-34(30,31)25-15-21(10-9-18(25)3)26(29)27-19(4)20-11-12-23(32-5)24(14-20)33-6/h7-15,19,28H,1-6H3,(H,27,29). The number of benzene rings is 3. The lowest BCUT2D eigenvalue weighted by Gasteiger charge is -2.17. The van der Waals surface area contributed by atoms with E-state index in [1.165, 1.54) is 6.07 Å². The van der Waals surface area contributed by atoms with Gasteiger partial charge in [0, 0.05) is 5.56 Å². The molecule has 3 aromatic rings. The fourth-order valence-corrected chi connectivity index (χ4v) is 4.96. The highest BCUT2D eigenvalue weighted by atomic mass is 32.2. The molecule has 0 aliphatic rings. The fraction of sp³-hybridized carbons (Fsp3) is 0.269. The topological polar surface area (TPSA) is 93.7 Å². The Labute approximate surface area is 201 Å². The minimum Gasteiger partial charge on any atom is -0.493 e. The first-order valence-electron chi connectivity index (χ1n) is 10.8. The van der Waals surface area contributed by atoms with Crippen LogP contribution in [0.15, 0.2) is 59.5 Å². The maximum absolute atomic E-state index is 13.2. The van der Waals surface area contributed by atoms with Crippen LogP contribution in [-0.4, -0.2) is 28.5 Å². The average molecular weight is 483 g/mol. The second kappa shape index (κ2) is 10.2. The number of carbonyl (C=O) groups is 1. The molecule has 3 aromatic carbocycles. The Morgan fingerprint density at radius 3 is 2.21 bits per heavy atom. The summed E-state index contributed by atoms with van der Waals surface area (Å²) in [6.07, 6.45) is 0. The summed E-state index contributed by atoms with van der Waals surface area (Å²) >= 11 is 0. The smallest absolute Gasteiger partial charge is 0.262 e. The van der Waals surface area contributed by atoms with Crippen LogP contribution in [-0.2, 0) is 10.0 Å². The van der Waals surface area contributed by atoms with Crippen molar-refractivity contribution in [2.45, 2.75) is 38.6 Å². The number of carbonyl (C=O) groups excluding carboxylic acids is 1. The molecule has 2 N–H and O–H groups in total. The summed E-state index contributed by atoms with van der Waals surface area (Å²) in [5.41, 5.74) is 3.88. The molecule has 0 aromatic heterocycles. The Hall–Kier alpha value is -3.52. The Kier molecular flexibility index (Phi) is 7.51. The Morgan fingerprint density at radius 2 is 1.53 bits per heavy atom. The van der Waals surface area contributed by atoms with E-state index < -0.39 is 10.0 Å². The molecule has 0 radical (unpaired) electrons. The van der Waals surface area contributed by atoms with Crippen LogP contribution < -0.4 is 19.5 Å². The molecule has 180 valence electrons. The minimum absolute atomic E-state index is 0.0554. The Balaban J connectivity index is 1.85. The molecule has 0 saturated heterocycles. The van der Waals surface area contributed by atoms with Crippen LogP contribution in [0.2, 0.25) is 0 Å². The molecule has 8 heteroatoms. The molecule has 1 atom stereocenters. The predicted octanol–water partition coefficient (Wildman–Crippen LogP) is 4.92. The van der Waals surface area contributed by atoms with Gasteiger partial charge in [-0.2, -0.15) is 0 Å². The van der Waals surface area contributed by atoms with Crippen molar-refractivity contribution in [3.05, 3.63) is 82.4 Å². The molecular weight excluding hydrogens is 452 g/mol. The molecule has 0 bridgehead atoms. The maximum atomic E-state index is 13.2. The SMILES string of the molecule is COc1ccc(C(C)NC(=O)c2ccc(C)c(S(=O)(=O)Nc3cc(C)ccc3C)c2)cc1OC. The van der Waals surface area contributed by atoms with Crippen molar-refractivity contribution >= 4 is 21.6 Å². The van der Waals surface area contributed by atoms with Gasteiger partial charge in [0.2, 0.25) is 0 Å². The number of ether oxygens (including phenoxy) is 2. The lowest BCUT2D eigenvalue weighted by atomic mass is 10.1. The molecule has 1 unspecified atom stereocenters. The van der Waals surface area contributed by atoms with Gasteiger partial charge in [-0.25, -0.2) is 8.42 Å². The zero-order chi connectivity index (χ0) is 25.0. The zero-order valence-corrected chi connectivity index (χ0v) is 21.0. The number of sulfonamides is 1. The van der Waals surface area contributed by atoms with Crippen LogP contribution in [0, 0.1) is 20.8 Å². The van der Waals surface area contributed by atoms with Crippen molar-refractivity contribution in [3.8, 4) is 11.5 Å². The van der Waals surface area contributed by atoms with Crippen molar-refractivity contribution in [2.75, 3.05) is 18.9 Å². The van der Waals surface area contributed by atoms with Gasteiger partial charge >= 0.3 is 0 Å². The van der Waals surface area contributed by atoms with E-state index in [-0.39, 0.29) is 22.4 Å². The summed E-state index contributed by atoms with van der Waals surface area (Å²) < 4.78 is 39.6. The first-order valence-corrected chi connectivity index (χ1v) is 12.3. The van der Waals surface area contributed by atoms with Crippen LogP contribution in [0.4, 0.5) is 5.69 Å². The molecule has 0 fully saturated rings. The first kappa shape index (κ1) is 25.1. The van der Waals surface area contributed by atoms with Gasteiger partial charge in [0.1, 0.15) is 0 Å². The van der Waals surface area contributed by atoms with Gasteiger partial charge in [0.05, 0.1) is 30.8 Å². The van der Waals surface area contributed by atoms with Crippen molar-refractivity contribution in [3.63, 3.8) is 0 Å². The highest BCUT2D eigenvalue weighted by Gasteiger charge is 2.21. The van der Waals surface area contributed by atoms with Crippen LogP contribution in [0.25, 0.3) is 0 Å². The Morgan fingerprint density at radius 1 is 0.853 bits per heavy atom. The number of aryl methyl sites for hydroxylation is 3. The molecule has 0 spiro atoms. The molecular formula is C26H30N2O5S. The summed E-state index contributed by atoms with van der Waals surface area (Å²) in [6.45, 7) is 7.27. The van der Waals surface area contributed by atoms with E-state index in [2.05, 4.69) is 10.0 Å². The van der Waals surface area contributed by atoms with E-state index in [0.717, 1.165) is 16.7 Å². The van der Waals surface area contributed by atoms with Gasteiger partial charge in [-0.1, -0.05) is 24.3 Å². The van der Waals surface area contributed by atoms with Crippen molar-refractivity contribution in [1.82, 2.24) is 5.32 Å². The van der Waals surface area contributed by atoms with Crippen molar-refractivity contribution in [2.24, 2.45) is 0 Å². The second-order valence-electron chi connectivity index (χ2n) is 8.21. The Bertz CT molecular complexity index is 1320. The highest BCUT2D eigenvalue weighted by molar-refractivity contribution is 7.92. The summed E-state index contributed by atoms with van der Waals surface area (Å²) in [4.78, 5) is 13.0. The number of amides is 1. The van der Waals surface area contributed by atoms with Crippen LogP contribution in [0.1, 0.15) is 45.6 Å². The molecule has 34 heavy (non-hydrogen) atoms.